The number of aliphatic hydroxyl groups excluding tert-OH is 1. The highest BCUT2D eigenvalue weighted by Crippen LogP contribution is 2.40. The molecule has 9 aromatic rings. The topological polar surface area (TPSA) is 185 Å². The van der Waals surface area contributed by atoms with Crippen LogP contribution in [-0.2, 0) is 13.6 Å². The number of thiophene rings is 1. The number of nitrogen functional groups attached to an aromatic ring is 2. The number of aromatic nitrogens is 10. The number of nitrogens with zero attached hydrogens (tertiary/aromatic N) is 10. The zero-order valence-electron chi connectivity index (χ0n) is 27.8. The predicted octanol–water partition coefficient (Wildman–Crippen LogP) is 7.10. The molecule has 0 saturated carbocycles. The molecular weight excluding hydrogens is 713 g/mol. The lowest BCUT2D eigenvalue weighted by Gasteiger charge is -2.09. The second kappa shape index (κ2) is 14.0. The second-order valence-corrected chi connectivity index (χ2v) is 14.4. The minimum Gasteiger partial charge on any atom is -0.382 e. The highest BCUT2D eigenvalue weighted by molar-refractivity contribution is 7.21. The Balaban J connectivity index is 0.000000153. The molecule has 5 N–H and O–H groups in total. The molecule has 0 spiro atoms. The van der Waals surface area contributed by atoms with Crippen LogP contribution in [0.2, 0.25) is 0 Å². The Kier molecular flexibility index (Phi) is 8.94. The van der Waals surface area contributed by atoms with Gasteiger partial charge in [0.25, 0.3) is 0 Å². The van der Waals surface area contributed by atoms with Crippen molar-refractivity contribution < 1.29 is 5.11 Å². The molecule has 52 heavy (non-hydrogen) atoms. The van der Waals surface area contributed by atoms with E-state index in [0.717, 1.165) is 60.2 Å². The van der Waals surface area contributed by atoms with Crippen molar-refractivity contribution in [3.05, 3.63) is 108 Å². The van der Waals surface area contributed by atoms with Gasteiger partial charge in [0.05, 0.1) is 17.7 Å². The molecule has 16 heteroatoms. The van der Waals surface area contributed by atoms with Crippen LogP contribution in [0.25, 0.3) is 64.6 Å². The van der Waals surface area contributed by atoms with Crippen LogP contribution in [0.15, 0.2) is 97.2 Å². The Morgan fingerprint density at radius 1 is 0.692 bits per heavy atom. The van der Waals surface area contributed by atoms with Crippen LogP contribution < -0.4 is 11.5 Å². The normalized spacial score (nSPS) is 11.9. The molecule has 7 heterocycles. The first kappa shape index (κ1) is 33.2. The molecule has 0 amide bonds. The number of anilines is 2. The third-order valence-electron chi connectivity index (χ3n) is 8.31. The highest BCUT2D eigenvalue weighted by Gasteiger charge is 2.26. The third-order valence-corrected chi connectivity index (χ3v) is 11.2. The molecule has 1 unspecified atom stereocenters. The highest BCUT2D eigenvalue weighted by atomic mass is 32.1. The monoisotopic (exact) mass is 742 g/mol. The largest absolute Gasteiger partial charge is 0.382 e. The molecule has 0 saturated heterocycles. The van der Waals surface area contributed by atoms with Gasteiger partial charge >= 0.3 is 0 Å². The number of nitrogens with two attached hydrogens (primary N) is 2. The number of fused-ring (bicyclic) bond motifs is 2. The first-order chi connectivity index (χ1) is 25.4. The van der Waals surface area contributed by atoms with Crippen molar-refractivity contribution in [2.24, 2.45) is 7.05 Å². The van der Waals surface area contributed by atoms with E-state index in [-0.39, 0.29) is 0 Å². The average Bonchev–Trinajstić information content (AvgIpc) is 4.02. The maximum atomic E-state index is 10.9. The Morgan fingerprint density at radius 2 is 1.27 bits per heavy atom. The van der Waals surface area contributed by atoms with E-state index in [2.05, 4.69) is 41.4 Å². The standard InChI is InChI=1S/C20H16N6OS2.C16H14N6S/c1-26-15(20-25-14-17(21)22-10-23-19(14)29-20)13(11-6-3-2-4-7-11)24-18(26)16(27)12-8-5-9-28-12;1-2-22-9-20-11(10-6-4-3-5-7-10)13(22)16-21-12-14(17)18-8-19-15(12)23-16/h2-10,16,27H,1H3,(H2,21,22,23);3-9H,2H2,1H3,(H2,17,18,19). The van der Waals surface area contributed by atoms with E-state index < -0.39 is 6.10 Å². The lowest BCUT2D eigenvalue weighted by atomic mass is 10.1. The fourth-order valence-corrected chi connectivity index (χ4v) is 8.46. The van der Waals surface area contributed by atoms with E-state index in [9.17, 15) is 5.11 Å². The van der Waals surface area contributed by atoms with Gasteiger partial charge in [0.2, 0.25) is 0 Å². The van der Waals surface area contributed by atoms with Gasteiger partial charge in [-0.15, -0.1) is 11.3 Å². The summed E-state index contributed by atoms with van der Waals surface area (Å²) in [6, 6.07) is 23.8. The van der Waals surface area contributed by atoms with Gasteiger partial charge < -0.3 is 25.7 Å². The number of benzene rings is 2. The van der Waals surface area contributed by atoms with Crippen molar-refractivity contribution in [1.29, 1.82) is 0 Å². The van der Waals surface area contributed by atoms with Crippen LogP contribution in [0.1, 0.15) is 23.7 Å². The summed E-state index contributed by atoms with van der Waals surface area (Å²) >= 11 is 4.43. The predicted molar refractivity (Wildman–Crippen MR) is 208 cm³/mol. The Hall–Kier alpha value is -5.94. The van der Waals surface area contributed by atoms with Crippen LogP contribution in [-0.4, -0.2) is 54.1 Å². The smallest absolute Gasteiger partial charge is 0.154 e. The summed E-state index contributed by atoms with van der Waals surface area (Å²) < 4.78 is 3.98. The van der Waals surface area contributed by atoms with Crippen molar-refractivity contribution in [3.8, 4) is 43.9 Å². The molecule has 2 aromatic carbocycles. The van der Waals surface area contributed by atoms with Crippen molar-refractivity contribution in [2.45, 2.75) is 19.6 Å². The maximum Gasteiger partial charge on any atom is 0.154 e. The molecule has 7 aromatic heterocycles. The Labute approximate surface area is 309 Å². The SMILES string of the molecule is CCn1cnc(-c2ccccc2)c1-c1nc2c(N)ncnc2s1.Cn1c(C(O)c2cccs2)nc(-c2ccccc2)c1-c1nc2c(N)ncnc2s1. The van der Waals surface area contributed by atoms with E-state index in [1.165, 1.54) is 46.7 Å². The van der Waals surface area contributed by atoms with Crippen LogP contribution in [0.3, 0.4) is 0 Å². The fraction of sp³-hybridized carbons (Fsp3) is 0.111. The fourth-order valence-electron chi connectivity index (χ4n) is 5.77. The van der Waals surface area contributed by atoms with Crippen molar-refractivity contribution in [3.63, 3.8) is 0 Å². The number of hydrogen-bond donors (Lipinski definition) is 3. The Bertz CT molecular complexity index is 2630. The zero-order chi connectivity index (χ0) is 35.8. The number of hydrogen-bond acceptors (Lipinski definition) is 14. The summed E-state index contributed by atoms with van der Waals surface area (Å²) in [6.07, 6.45) is 3.93. The van der Waals surface area contributed by atoms with Gasteiger partial charge in [-0.3, -0.25) is 0 Å². The lowest BCUT2D eigenvalue weighted by Crippen LogP contribution is -2.06. The third kappa shape index (κ3) is 6.06. The van der Waals surface area contributed by atoms with Crippen LogP contribution in [0.5, 0.6) is 0 Å². The summed E-state index contributed by atoms with van der Waals surface area (Å²) in [7, 11) is 1.89. The van der Waals surface area contributed by atoms with E-state index >= 15 is 0 Å². The molecule has 0 radical (unpaired) electrons. The molecule has 13 nitrogen and oxygen atoms in total. The first-order valence-electron chi connectivity index (χ1n) is 16.1. The molecule has 0 bridgehead atoms. The van der Waals surface area contributed by atoms with Crippen LogP contribution in [0, 0.1) is 0 Å². The van der Waals surface area contributed by atoms with Crippen molar-refractivity contribution in [2.75, 3.05) is 11.5 Å². The summed E-state index contributed by atoms with van der Waals surface area (Å²) in [4.78, 5) is 37.7. The molecule has 0 aliphatic carbocycles. The van der Waals surface area contributed by atoms with E-state index in [0.29, 0.717) is 33.3 Å². The second-order valence-electron chi connectivity index (χ2n) is 11.5. The van der Waals surface area contributed by atoms with Gasteiger partial charge in [-0.1, -0.05) is 89.4 Å². The van der Waals surface area contributed by atoms with Crippen molar-refractivity contribution >= 4 is 66.3 Å². The van der Waals surface area contributed by atoms with E-state index in [1.54, 1.807) is 0 Å². The molecular formula is C36H30N12OS3. The molecule has 9 rings (SSSR count). The maximum absolute atomic E-state index is 10.9. The van der Waals surface area contributed by atoms with Crippen LogP contribution >= 0.6 is 34.0 Å². The molecule has 0 aliphatic heterocycles. The van der Waals surface area contributed by atoms with Gasteiger partial charge in [0, 0.05) is 29.6 Å². The van der Waals surface area contributed by atoms with Crippen LogP contribution in [0.4, 0.5) is 11.6 Å². The van der Waals surface area contributed by atoms with Gasteiger partial charge in [-0.2, -0.15) is 0 Å². The summed E-state index contributed by atoms with van der Waals surface area (Å²) in [6.45, 7) is 2.90. The summed E-state index contributed by atoms with van der Waals surface area (Å²) in [5.41, 5.74) is 18.6. The number of thiazole rings is 2. The Morgan fingerprint density at radius 3 is 1.81 bits per heavy atom. The molecule has 0 aliphatic rings. The van der Waals surface area contributed by atoms with E-state index in [1.807, 2.05) is 96.1 Å². The van der Waals surface area contributed by atoms with Gasteiger partial charge in [0.15, 0.2) is 11.6 Å². The number of imidazole rings is 2. The number of aliphatic hydroxyl groups is 1. The quantitative estimate of drug-likeness (QED) is 0.151. The first-order valence-corrected chi connectivity index (χ1v) is 18.6. The molecule has 258 valence electrons. The molecule has 0 fully saturated rings. The average molecular weight is 743 g/mol. The van der Waals surface area contributed by atoms with Gasteiger partial charge in [0.1, 0.15) is 66.7 Å². The molecule has 1 atom stereocenters. The number of rotatable bonds is 7. The van der Waals surface area contributed by atoms with Gasteiger partial charge in [-0.05, 0) is 18.4 Å². The number of aryl methyl sites for hydroxylation is 1. The minimum absolute atomic E-state index is 0.347. The van der Waals surface area contributed by atoms with Gasteiger partial charge in [-0.25, -0.2) is 39.9 Å². The van der Waals surface area contributed by atoms with Crippen molar-refractivity contribution in [1.82, 2.24) is 49.0 Å². The minimum atomic E-state index is -0.824. The summed E-state index contributed by atoms with van der Waals surface area (Å²) in [5, 5.41) is 14.5. The summed E-state index contributed by atoms with van der Waals surface area (Å²) in [5.74, 6) is 1.31. The lowest BCUT2D eigenvalue weighted by molar-refractivity contribution is 0.210. The van der Waals surface area contributed by atoms with E-state index in [4.69, 9.17) is 21.4 Å². The zero-order valence-corrected chi connectivity index (χ0v) is 30.3.